The number of fused-ring (bicyclic) bond motifs is 1. The predicted octanol–water partition coefficient (Wildman–Crippen LogP) is 3.81. The Morgan fingerprint density at radius 1 is 1.30 bits per heavy atom. The fourth-order valence-electron chi connectivity index (χ4n) is 2.81. The van der Waals surface area contributed by atoms with Crippen molar-refractivity contribution >= 4 is 23.4 Å². The maximum absolute atomic E-state index is 12.3. The first-order valence-electron chi connectivity index (χ1n) is 8.56. The van der Waals surface area contributed by atoms with E-state index in [0.29, 0.717) is 25.3 Å². The van der Waals surface area contributed by atoms with Crippen molar-refractivity contribution in [2.24, 2.45) is 0 Å². The van der Waals surface area contributed by atoms with E-state index >= 15 is 0 Å². The third-order valence-electron chi connectivity index (χ3n) is 4.06. The third-order valence-corrected chi connectivity index (χ3v) is 5.19. The molecule has 27 heavy (non-hydrogen) atoms. The second kappa shape index (κ2) is 7.19. The quantitative estimate of drug-likeness (QED) is 0.857. The zero-order valence-corrected chi connectivity index (χ0v) is 16.6. The van der Waals surface area contributed by atoms with Crippen molar-refractivity contribution in [1.82, 2.24) is 9.88 Å². The first-order valence-corrected chi connectivity index (χ1v) is 9.38. The maximum Gasteiger partial charge on any atom is 0.410 e. The summed E-state index contributed by atoms with van der Waals surface area (Å²) in [5, 5.41) is 10.1. The minimum atomic E-state index is -1.05. The smallest absolute Gasteiger partial charge is 0.410 e. The standard InChI is InChI=1S/C19H22N2O5S/c1-19(2,3)26-18(24)21-8-7-13-15(10-21)27-16(20-13)11-5-6-14(25-4)12(9-11)17(22)23/h5-6,9H,7-8,10H2,1-4H3,(H,22,23). The summed E-state index contributed by atoms with van der Waals surface area (Å²) in [5.41, 5.74) is 1.23. The van der Waals surface area contributed by atoms with E-state index < -0.39 is 11.6 Å². The molecule has 2 heterocycles. The van der Waals surface area contributed by atoms with Crippen LogP contribution in [0.1, 0.15) is 41.7 Å². The van der Waals surface area contributed by atoms with Gasteiger partial charge in [0.05, 0.1) is 19.3 Å². The first kappa shape index (κ1) is 19.2. The van der Waals surface area contributed by atoms with Crippen LogP contribution in [0.15, 0.2) is 18.2 Å². The number of hydrogen-bond acceptors (Lipinski definition) is 6. The number of amides is 1. The van der Waals surface area contributed by atoms with Crippen LogP contribution in [0.4, 0.5) is 4.79 Å². The second-order valence-corrected chi connectivity index (χ2v) is 8.34. The summed E-state index contributed by atoms with van der Waals surface area (Å²) >= 11 is 1.47. The van der Waals surface area contributed by atoms with E-state index in [4.69, 9.17) is 9.47 Å². The normalized spacial score (nSPS) is 13.9. The third kappa shape index (κ3) is 4.21. The van der Waals surface area contributed by atoms with Gasteiger partial charge in [0, 0.05) is 23.4 Å². The number of carbonyl (C=O) groups excluding carboxylic acids is 1. The molecule has 0 radical (unpaired) electrons. The number of carboxylic acids is 1. The van der Waals surface area contributed by atoms with Gasteiger partial charge in [0.25, 0.3) is 0 Å². The number of benzene rings is 1. The van der Waals surface area contributed by atoms with Gasteiger partial charge in [0.15, 0.2) is 0 Å². The molecule has 3 rings (SSSR count). The Morgan fingerprint density at radius 2 is 2.04 bits per heavy atom. The summed E-state index contributed by atoms with van der Waals surface area (Å²) in [6.45, 7) is 6.52. The van der Waals surface area contributed by atoms with E-state index in [-0.39, 0.29) is 11.7 Å². The zero-order chi connectivity index (χ0) is 19.8. The second-order valence-electron chi connectivity index (χ2n) is 7.26. The van der Waals surface area contributed by atoms with E-state index in [0.717, 1.165) is 21.1 Å². The van der Waals surface area contributed by atoms with Crippen LogP contribution < -0.4 is 4.74 Å². The molecule has 0 spiro atoms. The van der Waals surface area contributed by atoms with E-state index in [9.17, 15) is 14.7 Å². The van der Waals surface area contributed by atoms with Gasteiger partial charge in [0.2, 0.25) is 0 Å². The molecule has 1 aromatic heterocycles. The number of rotatable bonds is 3. The minimum Gasteiger partial charge on any atom is -0.496 e. The number of carboxylic acid groups (broad SMARTS) is 1. The van der Waals surface area contributed by atoms with Crippen molar-refractivity contribution in [2.75, 3.05) is 13.7 Å². The number of nitrogens with zero attached hydrogens (tertiary/aromatic N) is 2. The van der Waals surface area contributed by atoms with Crippen LogP contribution in [-0.4, -0.2) is 46.3 Å². The molecule has 0 fully saturated rings. The van der Waals surface area contributed by atoms with Crippen LogP contribution >= 0.6 is 11.3 Å². The molecular weight excluding hydrogens is 368 g/mol. The summed E-state index contributed by atoms with van der Waals surface area (Å²) in [6.07, 6.45) is 0.313. The lowest BCUT2D eigenvalue weighted by molar-refractivity contribution is 0.0225. The fraction of sp³-hybridized carbons (Fsp3) is 0.421. The number of thiazole rings is 1. The number of methoxy groups -OCH3 is 1. The van der Waals surface area contributed by atoms with Crippen molar-refractivity contribution in [3.05, 3.63) is 34.3 Å². The minimum absolute atomic E-state index is 0.0959. The molecule has 1 amide bonds. The Balaban J connectivity index is 1.84. The van der Waals surface area contributed by atoms with E-state index in [1.54, 1.807) is 23.1 Å². The van der Waals surface area contributed by atoms with Gasteiger partial charge in [-0.15, -0.1) is 11.3 Å². The Labute approximate surface area is 161 Å². The summed E-state index contributed by atoms with van der Waals surface area (Å²) in [6, 6.07) is 4.99. The van der Waals surface area contributed by atoms with Gasteiger partial charge in [-0.1, -0.05) is 0 Å². The highest BCUT2D eigenvalue weighted by Gasteiger charge is 2.28. The van der Waals surface area contributed by atoms with Crippen LogP contribution in [-0.2, 0) is 17.7 Å². The Kier molecular flexibility index (Phi) is 5.10. The van der Waals surface area contributed by atoms with Crippen molar-refractivity contribution in [1.29, 1.82) is 0 Å². The fourth-order valence-corrected chi connectivity index (χ4v) is 3.93. The Morgan fingerprint density at radius 3 is 2.67 bits per heavy atom. The highest BCUT2D eigenvalue weighted by atomic mass is 32.1. The average Bonchev–Trinajstić information content (AvgIpc) is 3.02. The molecule has 1 aliphatic rings. The van der Waals surface area contributed by atoms with Gasteiger partial charge in [-0.3, -0.25) is 0 Å². The summed E-state index contributed by atoms with van der Waals surface area (Å²) < 4.78 is 10.5. The van der Waals surface area contributed by atoms with Crippen LogP contribution in [0, 0.1) is 0 Å². The molecule has 1 N–H and O–H groups in total. The van der Waals surface area contributed by atoms with E-state index in [1.807, 2.05) is 20.8 Å². The van der Waals surface area contributed by atoms with Gasteiger partial charge < -0.3 is 19.5 Å². The lowest BCUT2D eigenvalue weighted by atomic mass is 10.1. The zero-order valence-electron chi connectivity index (χ0n) is 15.7. The largest absolute Gasteiger partial charge is 0.496 e. The van der Waals surface area contributed by atoms with Crippen molar-refractivity contribution < 1.29 is 24.2 Å². The van der Waals surface area contributed by atoms with Crippen molar-refractivity contribution in [3.8, 4) is 16.3 Å². The Hall–Kier alpha value is -2.61. The Bertz CT molecular complexity index is 885. The molecular formula is C19H22N2O5S. The van der Waals surface area contributed by atoms with Gasteiger partial charge >= 0.3 is 12.1 Å². The predicted molar refractivity (Wildman–Crippen MR) is 101 cm³/mol. The molecule has 0 unspecified atom stereocenters. The lowest BCUT2D eigenvalue weighted by Crippen LogP contribution is -2.39. The molecule has 0 saturated carbocycles. The van der Waals surface area contributed by atoms with Crippen LogP contribution in [0.3, 0.4) is 0 Å². The SMILES string of the molecule is COc1ccc(-c2nc3c(s2)CN(C(=O)OC(C)(C)C)CC3)cc1C(=O)O. The van der Waals surface area contributed by atoms with Crippen LogP contribution in [0.5, 0.6) is 5.75 Å². The number of aromatic carboxylic acids is 1. The number of carbonyl (C=O) groups is 2. The average molecular weight is 390 g/mol. The monoisotopic (exact) mass is 390 g/mol. The molecule has 0 saturated heterocycles. The van der Waals surface area contributed by atoms with E-state index in [1.165, 1.54) is 18.4 Å². The van der Waals surface area contributed by atoms with Crippen molar-refractivity contribution in [2.45, 2.75) is 39.3 Å². The molecule has 8 heteroatoms. The highest BCUT2D eigenvalue weighted by Crippen LogP contribution is 2.34. The number of aromatic nitrogens is 1. The molecule has 144 valence electrons. The van der Waals surface area contributed by atoms with Crippen LogP contribution in [0.25, 0.3) is 10.6 Å². The first-order chi connectivity index (χ1) is 12.7. The molecule has 1 aliphatic heterocycles. The molecule has 1 aromatic carbocycles. The number of ether oxygens (including phenoxy) is 2. The van der Waals surface area contributed by atoms with Gasteiger partial charge in [-0.2, -0.15) is 0 Å². The highest BCUT2D eigenvalue weighted by molar-refractivity contribution is 7.15. The molecule has 0 atom stereocenters. The topological polar surface area (TPSA) is 89.0 Å². The van der Waals surface area contributed by atoms with E-state index in [2.05, 4.69) is 4.98 Å². The van der Waals surface area contributed by atoms with Crippen LogP contribution in [0.2, 0.25) is 0 Å². The molecule has 0 aliphatic carbocycles. The lowest BCUT2D eigenvalue weighted by Gasteiger charge is -2.29. The van der Waals surface area contributed by atoms with Gasteiger partial charge in [-0.25, -0.2) is 14.6 Å². The number of hydrogen-bond donors (Lipinski definition) is 1. The van der Waals surface area contributed by atoms with Gasteiger partial charge in [0.1, 0.15) is 21.9 Å². The molecule has 7 nitrogen and oxygen atoms in total. The molecule has 2 aromatic rings. The summed E-state index contributed by atoms with van der Waals surface area (Å²) in [7, 11) is 1.44. The van der Waals surface area contributed by atoms with Gasteiger partial charge in [-0.05, 0) is 39.0 Å². The molecule has 0 bridgehead atoms. The van der Waals surface area contributed by atoms with Crippen molar-refractivity contribution in [3.63, 3.8) is 0 Å². The summed E-state index contributed by atoms with van der Waals surface area (Å²) in [4.78, 5) is 31.1. The summed E-state index contributed by atoms with van der Waals surface area (Å²) in [5.74, 6) is -0.741. The maximum atomic E-state index is 12.3.